The highest BCUT2D eigenvalue weighted by Gasteiger charge is 2.23. The highest BCUT2D eigenvalue weighted by atomic mass is 16.1. The van der Waals surface area contributed by atoms with Gasteiger partial charge in [0.1, 0.15) is 11.3 Å². The van der Waals surface area contributed by atoms with Crippen molar-refractivity contribution in [2.24, 2.45) is 0 Å². The van der Waals surface area contributed by atoms with Crippen LogP contribution in [0.15, 0.2) is 42.6 Å². The number of imidazole rings is 1. The molecule has 2 aromatic heterocycles. The van der Waals surface area contributed by atoms with Crippen molar-refractivity contribution < 1.29 is 4.79 Å². The first kappa shape index (κ1) is 18.6. The van der Waals surface area contributed by atoms with E-state index in [0.29, 0.717) is 18.2 Å². The third kappa shape index (κ3) is 3.52. The minimum atomic E-state index is -0.0150. The lowest BCUT2D eigenvalue weighted by molar-refractivity contribution is 0.0941. The first-order valence-corrected chi connectivity index (χ1v) is 10.2. The molecule has 0 aliphatic carbocycles. The SMILES string of the molecule is CCc1nc2cccnc2n1-c1ccc(C(=O)NC[C@H]2CCCN2CC)cc1. The number of benzene rings is 1. The van der Waals surface area contributed by atoms with Gasteiger partial charge in [-0.05, 0) is 62.3 Å². The number of amides is 1. The van der Waals surface area contributed by atoms with E-state index in [1.807, 2.05) is 36.4 Å². The Morgan fingerprint density at radius 1 is 1.21 bits per heavy atom. The molecular weight excluding hydrogens is 350 g/mol. The number of rotatable bonds is 6. The maximum absolute atomic E-state index is 12.6. The van der Waals surface area contributed by atoms with Gasteiger partial charge in [-0.15, -0.1) is 0 Å². The molecular formula is C22H27N5O. The number of nitrogens with zero attached hydrogens (tertiary/aromatic N) is 4. The molecule has 0 unspecified atom stereocenters. The molecule has 1 atom stereocenters. The van der Waals surface area contributed by atoms with Crippen LogP contribution in [0.1, 0.15) is 42.9 Å². The Balaban J connectivity index is 1.51. The molecule has 4 rings (SSSR count). The van der Waals surface area contributed by atoms with Crippen LogP contribution in [0, 0.1) is 0 Å². The minimum Gasteiger partial charge on any atom is -0.350 e. The van der Waals surface area contributed by atoms with E-state index >= 15 is 0 Å². The maximum Gasteiger partial charge on any atom is 0.251 e. The molecule has 28 heavy (non-hydrogen) atoms. The van der Waals surface area contributed by atoms with E-state index in [-0.39, 0.29) is 5.91 Å². The molecule has 1 aliphatic heterocycles. The lowest BCUT2D eigenvalue weighted by atomic mass is 10.1. The Kier molecular flexibility index (Phi) is 5.39. The number of hydrogen-bond donors (Lipinski definition) is 1. The molecule has 6 nitrogen and oxygen atoms in total. The summed E-state index contributed by atoms with van der Waals surface area (Å²) in [5, 5.41) is 3.10. The summed E-state index contributed by atoms with van der Waals surface area (Å²) in [4.78, 5) is 24.2. The van der Waals surface area contributed by atoms with Gasteiger partial charge in [-0.25, -0.2) is 9.97 Å². The minimum absolute atomic E-state index is 0.0150. The molecule has 0 spiro atoms. The van der Waals surface area contributed by atoms with Crippen molar-refractivity contribution >= 4 is 17.1 Å². The van der Waals surface area contributed by atoms with Crippen molar-refractivity contribution in [2.45, 2.75) is 39.2 Å². The topological polar surface area (TPSA) is 63.1 Å². The molecule has 6 heteroatoms. The Labute approximate surface area is 165 Å². The fourth-order valence-electron chi connectivity index (χ4n) is 4.08. The number of aromatic nitrogens is 3. The standard InChI is InChI=1S/C22H27N5O/c1-3-20-25-19-8-5-13-23-21(19)27(20)17-11-9-16(10-12-17)22(28)24-15-18-7-6-14-26(18)4-2/h5,8-13,18H,3-4,6-7,14-15H2,1-2H3,(H,24,28)/t18-/m1/s1. The number of likely N-dealkylation sites (N-methyl/N-ethyl adjacent to an activating group) is 1. The van der Waals surface area contributed by atoms with Gasteiger partial charge in [-0.1, -0.05) is 13.8 Å². The fourth-order valence-corrected chi connectivity index (χ4v) is 4.08. The third-order valence-electron chi connectivity index (χ3n) is 5.59. The van der Waals surface area contributed by atoms with Gasteiger partial charge in [0, 0.05) is 36.5 Å². The molecule has 1 saturated heterocycles. The smallest absolute Gasteiger partial charge is 0.251 e. The molecule has 3 aromatic rings. The van der Waals surface area contributed by atoms with Crippen molar-refractivity contribution in [3.05, 3.63) is 54.0 Å². The number of nitrogens with one attached hydrogen (secondary N) is 1. The Hall–Kier alpha value is -2.73. The number of hydrogen-bond acceptors (Lipinski definition) is 4. The first-order chi connectivity index (χ1) is 13.7. The van der Waals surface area contributed by atoms with E-state index < -0.39 is 0 Å². The van der Waals surface area contributed by atoms with Gasteiger partial charge >= 0.3 is 0 Å². The highest BCUT2D eigenvalue weighted by molar-refractivity contribution is 5.94. The summed E-state index contributed by atoms with van der Waals surface area (Å²) in [5.41, 5.74) is 3.39. The van der Waals surface area contributed by atoms with Gasteiger partial charge in [0.05, 0.1) is 0 Å². The second kappa shape index (κ2) is 8.10. The summed E-state index contributed by atoms with van der Waals surface area (Å²) >= 11 is 0. The van der Waals surface area contributed by atoms with Gasteiger partial charge in [0.2, 0.25) is 0 Å². The van der Waals surface area contributed by atoms with E-state index in [9.17, 15) is 4.79 Å². The zero-order valence-corrected chi connectivity index (χ0v) is 16.6. The van der Waals surface area contributed by atoms with Gasteiger partial charge in [-0.3, -0.25) is 14.3 Å². The number of aryl methyl sites for hydroxylation is 1. The average molecular weight is 377 g/mol. The van der Waals surface area contributed by atoms with Crippen molar-refractivity contribution in [1.29, 1.82) is 0 Å². The number of pyridine rings is 1. The summed E-state index contributed by atoms with van der Waals surface area (Å²) in [6.45, 7) is 7.16. The van der Waals surface area contributed by atoms with Gasteiger partial charge in [-0.2, -0.15) is 0 Å². The van der Waals surface area contributed by atoms with Crippen LogP contribution in [0.4, 0.5) is 0 Å². The molecule has 1 amide bonds. The largest absolute Gasteiger partial charge is 0.350 e. The van der Waals surface area contributed by atoms with E-state index in [4.69, 9.17) is 0 Å². The molecule has 1 N–H and O–H groups in total. The predicted molar refractivity (Wildman–Crippen MR) is 111 cm³/mol. The first-order valence-electron chi connectivity index (χ1n) is 10.2. The number of carbonyl (C=O) groups excluding carboxylic acids is 1. The zero-order chi connectivity index (χ0) is 19.5. The lowest BCUT2D eigenvalue weighted by Gasteiger charge is -2.22. The van der Waals surface area contributed by atoms with E-state index in [1.165, 1.54) is 6.42 Å². The summed E-state index contributed by atoms with van der Waals surface area (Å²) in [5.74, 6) is 0.950. The number of likely N-dealkylation sites (tertiary alicyclic amines) is 1. The Morgan fingerprint density at radius 3 is 2.79 bits per heavy atom. The molecule has 1 fully saturated rings. The molecule has 0 bridgehead atoms. The molecule has 1 aromatic carbocycles. The second-order valence-electron chi connectivity index (χ2n) is 7.24. The zero-order valence-electron chi connectivity index (χ0n) is 16.6. The van der Waals surface area contributed by atoms with Gasteiger partial charge in [0.25, 0.3) is 5.91 Å². The summed E-state index contributed by atoms with van der Waals surface area (Å²) in [7, 11) is 0. The summed E-state index contributed by atoms with van der Waals surface area (Å²) in [6.07, 6.45) is 4.97. The van der Waals surface area contributed by atoms with Gasteiger partial charge < -0.3 is 5.32 Å². The third-order valence-corrected chi connectivity index (χ3v) is 5.59. The van der Waals surface area contributed by atoms with Crippen LogP contribution in [-0.2, 0) is 6.42 Å². The summed E-state index contributed by atoms with van der Waals surface area (Å²) < 4.78 is 2.06. The molecule has 3 heterocycles. The van der Waals surface area contributed by atoms with Crippen molar-refractivity contribution in [2.75, 3.05) is 19.6 Å². The van der Waals surface area contributed by atoms with E-state index in [1.54, 1.807) is 6.20 Å². The normalized spacial score (nSPS) is 17.3. The molecule has 0 saturated carbocycles. The molecule has 1 aliphatic rings. The monoisotopic (exact) mass is 377 g/mol. The van der Waals surface area contributed by atoms with E-state index in [2.05, 4.69) is 38.6 Å². The average Bonchev–Trinajstić information content (AvgIpc) is 3.35. The van der Waals surface area contributed by atoms with E-state index in [0.717, 1.165) is 48.6 Å². The lowest BCUT2D eigenvalue weighted by Crippen LogP contribution is -2.40. The Bertz CT molecular complexity index is 963. The van der Waals surface area contributed by atoms with Gasteiger partial charge in [0.15, 0.2) is 5.65 Å². The van der Waals surface area contributed by atoms with Crippen LogP contribution in [0.2, 0.25) is 0 Å². The van der Waals surface area contributed by atoms with Crippen molar-refractivity contribution in [3.8, 4) is 5.69 Å². The molecule has 146 valence electrons. The Morgan fingerprint density at radius 2 is 2.04 bits per heavy atom. The number of carbonyl (C=O) groups is 1. The fraction of sp³-hybridized carbons (Fsp3) is 0.409. The van der Waals surface area contributed by atoms with Crippen LogP contribution >= 0.6 is 0 Å². The van der Waals surface area contributed by atoms with Crippen LogP contribution in [-0.4, -0.2) is 51.0 Å². The van der Waals surface area contributed by atoms with Crippen LogP contribution < -0.4 is 5.32 Å². The number of fused-ring (bicyclic) bond motifs is 1. The van der Waals surface area contributed by atoms with Crippen molar-refractivity contribution in [3.63, 3.8) is 0 Å². The molecule has 0 radical (unpaired) electrons. The van der Waals surface area contributed by atoms with Crippen LogP contribution in [0.25, 0.3) is 16.9 Å². The van der Waals surface area contributed by atoms with Crippen LogP contribution in [0.5, 0.6) is 0 Å². The maximum atomic E-state index is 12.6. The predicted octanol–water partition coefficient (Wildman–Crippen LogP) is 3.20. The van der Waals surface area contributed by atoms with Crippen LogP contribution in [0.3, 0.4) is 0 Å². The highest BCUT2D eigenvalue weighted by Crippen LogP contribution is 2.21. The van der Waals surface area contributed by atoms with Crippen molar-refractivity contribution in [1.82, 2.24) is 24.8 Å². The quantitative estimate of drug-likeness (QED) is 0.717. The summed E-state index contributed by atoms with van der Waals surface area (Å²) in [6, 6.07) is 12.0. The second-order valence-corrected chi connectivity index (χ2v) is 7.24.